The summed E-state index contributed by atoms with van der Waals surface area (Å²) in [6.07, 6.45) is 4.91. The molecule has 0 bridgehead atoms. The van der Waals surface area contributed by atoms with E-state index in [1.54, 1.807) is 0 Å². The fourth-order valence-corrected chi connectivity index (χ4v) is 5.80. The third-order valence-electron chi connectivity index (χ3n) is 8.42. The van der Waals surface area contributed by atoms with Gasteiger partial charge in [0.1, 0.15) is 11.3 Å². The van der Waals surface area contributed by atoms with Crippen molar-refractivity contribution in [3.8, 4) is 11.3 Å². The van der Waals surface area contributed by atoms with Crippen molar-refractivity contribution in [2.24, 2.45) is 11.8 Å². The number of aromatic nitrogens is 1. The van der Waals surface area contributed by atoms with Crippen LogP contribution >= 0.6 is 0 Å². The second-order valence-electron chi connectivity index (χ2n) is 12.5. The van der Waals surface area contributed by atoms with Crippen molar-refractivity contribution < 1.29 is 34.4 Å². The van der Waals surface area contributed by atoms with Gasteiger partial charge in [-0.1, -0.05) is 95.8 Å². The summed E-state index contributed by atoms with van der Waals surface area (Å²) < 4.78 is 6.12. The molecule has 2 heterocycles. The maximum absolute atomic E-state index is 11.7. The Kier molecular flexibility index (Phi) is 12.1. The van der Waals surface area contributed by atoms with Crippen molar-refractivity contribution in [1.82, 2.24) is 4.98 Å². The van der Waals surface area contributed by atoms with E-state index in [9.17, 15) is 9.90 Å². The topological polar surface area (TPSA) is 63.3 Å². The molecule has 0 spiro atoms. The van der Waals surface area contributed by atoms with E-state index in [1.165, 1.54) is 17.0 Å². The van der Waals surface area contributed by atoms with Crippen LogP contribution in [0.5, 0.6) is 0 Å². The molecule has 1 radical (unpaired) electrons. The van der Waals surface area contributed by atoms with Crippen LogP contribution in [0.4, 0.5) is 0 Å². The van der Waals surface area contributed by atoms with Gasteiger partial charge in [-0.05, 0) is 50.2 Å². The molecule has 0 saturated heterocycles. The third kappa shape index (κ3) is 7.68. The number of pyridine rings is 1. The summed E-state index contributed by atoms with van der Waals surface area (Å²) in [4.78, 5) is 16.7. The van der Waals surface area contributed by atoms with E-state index in [1.807, 2.05) is 46.8 Å². The molecule has 0 aliphatic rings. The van der Waals surface area contributed by atoms with Crippen molar-refractivity contribution in [3.63, 3.8) is 0 Å². The number of aliphatic hydroxyl groups is 1. The SMILES string of the molecule is CCC(CC)C(=O)/C=C(\O)C(CC)CC.Cc1cc2c(o1)c(-c1[c-]c3ccccc3c(C(C)(C)C)c1)nc1ccccc12.[Ir]. The number of carbonyl (C=O) groups excluding carboxylic acids is 1. The number of hydrogen-bond donors (Lipinski definition) is 1. The smallest absolute Gasteiger partial charge is 0.162 e. The minimum atomic E-state index is 0. The molecular weight excluding hydrogens is 723 g/mol. The largest absolute Gasteiger partial charge is 0.512 e. The van der Waals surface area contributed by atoms with Gasteiger partial charge in [0, 0.05) is 54.5 Å². The third-order valence-corrected chi connectivity index (χ3v) is 8.42. The zero-order chi connectivity index (χ0) is 31.3. The summed E-state index contributed by atoms with van der Waals surface area (Å²) in [5.74, 6) is 1.44. The summed E-state index contributed by atoms with van der Waals surface area (Å²) >= 11 is 0. The molecule has 0 aliphatic heterocycles. The predicted molar refractivity (Wildman–Crippen MR) is 181 cm³/mol. The van der Waals surface area contributed by atoms with Crippen molar-refractivity contribution in [2.45, 2.75) is 86.5 Å². The van der Waals surface area contributed by atoms with Gasteiger partial charge in [0.2, 0.25) is 0 Å². The van der Waals surface area contributed by atoms with E-state index >= 15 is 0 Å². The van der Waals surface area contributed by atoms with Crippen LogP contribution in [-0.4, -0.2) is 15.9 Å². The van der Waals surface area contributed by atoms with Crippen molar-refractivity contribution in [2.75, 3.05) is 0 Å². The summed E-state index contributed by atoms with van der Waals surface area (Å²) in [7, 11) is 0. The molecule has 3 aromatic carbocycles. The van der Waals surface area contributed by atoms with Crippen LogP contribution in [0.1, 0.15) is 85.5 Å². The van der Waals surface area contributed by atoms with Crippen LogP contribution in [0.2, 0.25) is 0 Å². The van der Waals surface area contributed by atoms with Gasteiger partial charge in [-0.15, -0.1) is 29.1 Å². The normalized spacial score (nSPS) is 12.1. The van der Waals surface area contributed by atoms with Crippen molar-refractivity contribution >= 4 is 38.4 Å². The number of nitrogens with zero attached hydrogens (tertiary/aromatic N) is 1. The number of fused-ring (bicyclic) bond motifs is 4. The van der Waals surface area contributed by atoms with E-state index < -0.39 is 0 Å². The van der Waals surface area contributed by atoms with Crippen LogP contribution in [0.15, 0.2) is 76.9 Å². The number of ketones is 1. The fraction of sp³-hybridized carbons (Fsp3) is 0.385. The molecule has 0 amide bonds. The fourth-order valence-electron chi connectivity index (χ4n) is 5.80. The maximum Gasteiger partial charge on any atom is 0.162 e. The number of carbonyl (C=O) groups is 1. The quantitative estimate of drug-likeness (QED) is 0.0970. The van der Waals surface area contributed by atoms with Gasteiger partial charge in [-0.2, -0.15) is 0 Å². The standard InChI is InChI=1S/C26H22NO.C13H24O2.Ir/c1-16-13-21-20-11-7-8-12-23(20)27-24(25(21)28-16)18-14-17-9-5-6-10-19(17)22(15-18)26(2,3)4;1-5-10(6-2)12(14)9-13(15)11(7-3)8-4;/h5-13,15H,1-4H3;9-11,14H,5-8H2,1-4H3;/q-1;;/b;12-9-;. The number of para-hydroxylation sites is 1. The molecular formula is C39H46IrNO3-. The molecule has 1 N–H and O–H groups in total. The van der Waals surface area contributed by atoms with E-state index in [4.69, 9.17) is 9.40 Å². The first kappa shape index (κ1) is 35.2. The van der Waals surface area contributed by atoms with Gasteiger partial charge in [-0.25, -0.2) is 0 Å². The van der Waals surface area contributed by atoms with Gasteiger partial charge in [0.25, 0.3) is 0 Å². The molecule has 0 unspecified atom stereocenters. The number of allylic oxidation sites excluding steroid dienone is 2. The summed E-state index contributed by atoms with van der Waals surface area (Å²) in [6, 6.07) is 24.6. The van der Waals surface area contributed by atoms with Crippen LogP contribution in [0, 0.1) is 24.8 Å². The Morgan fingerprint density at radius 3 is 2.09 bits per heavy atom. The zero-order valence-corrected chi connectivity index (χ0v) is 29.8. The molecule has 5 rings (SSSR count). The Balaban J connectivity index is 0.000000286. The second kappa shape index (κ2) is 15.1. The Morgan fingerprint density at radius 2 is 1.48 bits per heavy atom. The molecule has 5 aromatic rings. The molecule has 2 aromatic heterocycles. The second-order valence-corrected chi connectivity index (χ2v) is 12.5. The Labute approximate surface area is 276 Å². The summed E-state index contributed by atoms with van der Waals surface area (Å²) in [5.41, 5.74) is 4.96. The molecule has 235 valence electrons. The summed E-state index contributed by atoms with van der Waals surface area (Å²) in [6.45, 7) is 16.8. The van der Waals surface area contributed by atoms with Crippen LogP contribution in [0.3, 0.4) is 0 Å². The number of benzene rings is 3. The van der Waals surface area contributed by atoms with Gasteiger partial charge in [-0.3, -0.25) is 9.78 Å². The zero-order valence-electron chi connectivity index (χ0n) is 27.4. The molecule has 0 saturated carbocycles. The molecule has 0 aliphatic carbocycles. The summed E-state index contributed by atoms with van der Waals surface area (Å²) in [5, 5.41) is 14.3. The predicted octanol–water partition coefficient (Wildman–Crippen LogP) is 11.1. The van der Waals surface area contributed by atoms with E-state index in [0.717, 1.165) is 70.0 Å². The van der Waals surface area contributed by atoms with E-state index in [0.29, 0.717) is 0 Å². The van der Waals surface area contributed by atoms with Gasteiger partial charge in [0.05, 0.1) is 11.3 Å². The Hall–Kier alpha value is -3.27. The van der Waals surface area contributed by atoms with Crippen LogP contribution < -0.4 is 0 Å². The monoisotopic (exact) mass is 769 g/mol. The Morgan fingerprint density at radius 1 is 0.886 bits per heavy atom. The van der Waals surface area contributed by atoms with E-state index in [-0.39, 0.29) is 48.9 Å². The van der Waals surface area contributed by atoms with E-state index in [2.05, 4.69) is 75.4 Å². The number of aryl methyl sites for hydroxylation is 1. The van der Waals surface area contributed by atoms with Crippen molar-refractivity contribution in [3.05, 3.63) is 89.9 Å². The maximum atomic E-state index is 11.7. The molecule has 0 fully saturated rings. The van der Waals surface area contributed by atoms with Gasteiger partial charge in [0.15, 0.2) is 5.78 Å². The molecule has 5 heteroatoms. The average molecular weight is 769 g/mol. The van der Waals surface area contributed by atoms with Gasteiger partial charge >= 0.3 is 0 Å². The van der Waals surface area contributed by atoms with Crippen LogP contribution in [-0.2, 0) is 30.3 Å². The van der Waals surface area contributed by atoms with Crippen molar-refractivity contribution in [1.29, 1.82) is 0 Å². The molecule has 44 heavy (non-hydrogen) atoms. The number of furan rings is 1. The number of aliphatic hydroxyl groups excluding tert-OH is 1. The van der Waals surface area contributed by atoms with Gasteiger partial charge < -0.3 is 9.52 Å². The molecule has 0 atom stereocenters. The minimum Gasteiger partial charge on any atom is -0.512 e. The number of hydrogen-bond acceptors (Lipinski definition) is 4. The first-order chi connectivity index (χ1) is 20.5. The minimum absolute atomic E-state index is 0. The Bertz CT molecular complexity index is 1750. The molecule has 4 nitrogen and oxygen atoms in total. The first-order valence-electron chi connectivity index (χ1n) is 15.7. The average Bonchev–Trinajstić information content (AvgIpc) is 3.39. The van der Waals surface area contributed by atoms with Crippen LogP contribution in [0.25, 0.3) is 43.9 Å². The first-order valence-corrected chi connectivity index (χ1v) is 15.7. The number of rotatable bonds is 8.